The SMILES string of the molecule is O=S(=O)(Cc1ccccc1)N1CCC(Nc2cnccn2)CC1. The molecule has 1 aromatic heterocycles. The summed E-state index contributed by atoms with van der Waals surface area (Å²) in [7, 11) is -3.26. The van der Waals surface area contributed by atoms with Crippen LogP contribution in [0.5, 0.6) is 0 Å². The van der Waals surface area contributed by atoms with Gasteiger partial charge < -0.3 is 5.32 Å². The molecule has 0 amide bonds. The molecule has 0 atom stereocenters. The minimum absolute atomic E-state index is 0.0656. The van der Waals surface area contributed by atoms with Crippen molar-refractivity contribution in [1.82, 2.24) is 14.3 Å². The molecule has 1 N–H and O–H groups in total. The second-order valence-electron chi connectivity index (χ2n) is 5.65. The van der Waals surface area contributed by atoms with Gasteiger partial charge in [0.2, 0.25) is 10.0 Å². The Balaban J connectivity index is 1.56. The van der Waals surface area contributed by atoms with Crippen molar-refractivity contribution in [2.24, 2.45) is 0 Å². The van der Waals surface area contributed by atoms with E-state index in [9.17, 15) is 8.42 Å². The van der Waals surface area contributed by atoms with Crippen LogP contribution in [0.15, 0.2) is 48.9 Å². The third-order valence-electron chi connectivity index (χ3n) is 3.95. The Morgan fingerprint density at radius 1 is 1.13 bits per heavy atom. The number of piperidine rings is 1. The maximum absolute atomic E-state index is 12.5. The molecule has 1 aliphatic heterocycles. The molecule has 0 radical (unpaired) electrons. The highest BCUT2D eigenvalue weighted by Crippen LogP contribution is 2.19. The van der Waals surface area contributed by atoms with Crippen molar-refractivity contribution in [3.63, 3.8) is 0 Å². The van der Waals surface area contributed by atoms with E-state index in [4.69, 9.17) is 0 Å². The lowest BCUT2D eigenvalue weighted by molar-refractivity contribution is 0.329. The van der Waals surface area contributed by atoms with Gasteiger partial charge in [-0.3, -0.25) is 4.98 Å². The first kappa shape index (κ1) is 15.9. The molecule has 0 saturated carbocycles. The number of benzene rings is 1. The van der Waals surface area contributed by atoms with Crippen molar-refractivity contribution >= 4 is 15.8 Å². The number of aromatic nitrogens is 2. The van der Waals surface area contributed by atoms with Crippen LogP contribution in [0, 0.1) is 0 Å². The number of nitrogens with zero attached hydrogens (tertiary/aromatic N) is 3. The lowest BCUT2D eigenvalue weighted by Gasteiger charge is -2.31. The van der Waals surface area contributed by atoms with Crippen LogP contribution >= 0.6 is 0 Å². The number of hydrogen-bond donors (Lipinski definition) is 1. The van der Waals surface area contributed by atoms with Gasteiger partial charge in [-0.05, 0) is 18.4 Å². The lowest BCUT2D eigenvalue weighted by atomic mass is 10.1. The molecular formula is C16H20N4O2S. The Morgan fingerprint density at radius 2 is 1.87 bits per heavy atom. The molecule has 2 heterocycles. The van der Waals surface area contributed by atoms with Crippen LogP contribution < -0.4 is 5.32 Å². The Hall–Kier alpha value is -1.99. The Labute approximate surface area is 136 Å². The molecule has 0 bridgehead atoms. The number of sulfonamides is 1. The van der Waals surface area contributed by atoms with Crippen molar-refractivity contribution in [2.45, 2.75) is 24.6 Å². The zero-order valence-electron chi connectivity index (χ0n) is 12.8. The summed E-state index contributed by atoms with van der Waals surface area (Å²) >= 11 is 0. The van der Waals surface area contributed by atoms with E-state index in [1.807, 2.05) is 30.3 Å². The molecule has 0 spiro atoms. The molecule has 6 nitrogen and oxygen atoms in total. The fraction of sp³-hybridized carbons (Fsp3) is 0.375. The summed E-state index contributed by atoms with van der Waals surface area (Å²) < 4.78 is 26.6. The average Bonchev–Trinajstić information content (AvgIpc) is 2.57. The standard InChI is InChI=1S/C16H20N4O2S/c21-23(22,13-14-4-2-1-3-5-14)20-10-6-15(7-11-20)19-16-12-17-8-9-18-16/h1-5,8-9,12,15H,6-7,10-11,13H2,(H,18,19). The summed E-state index contributed by atoms with van der Waals surface area (Å²) in [6.07, 6.45) is 6.49. The van der Waals surface area contributed by atoms with Crippen LogP contribution in [0.1, 0.15) is 18.4 Å². The number of nitrogens with one attached hydrogen (secondary N) is 1. The normalized spacial score (nSPS) is 17.0. The molecule has 0 unspecified atom stereocenters. The van der Waals surface area contributed by atoms with Crippen LogP contribution in [0.3, 0.4) is 0 Å². The van der Waals surface area contributed by atoms with Crippen molar-refractivity contribution in [3.8, 4) is 0 Å². The highest BCUT2D eigenvalue weighted by molar-refractivity contribution is 7.88. The Bertz CT molecular complexity index is 714. The van der Waals surface area contributed by atoms with E-state index in [0.29, 0.717) is 13.1 Å². The minimum Gasteiger partial charge on any atom is -0.366 e. The van der Waals surface area contributed by atoms with E-state index < -0.39 is 10.0 Å². The van der Waals surface area contributed by atoms with Crippen LogP contribution in [0.25, 0.3) is 0 Å². The molecular weight excluding hydrogens is 312 g/mol. The Morgan fingerprint density at radius 3 is 2.52 bits per heavy atom. The fourth-order valence-corrected chi connectivity index (χ4v) is 4.30. The maximum atomic E-state index is 12.5. The second kappa shape index (κ2) is 7.06. The second-order valence-corrected chi connectivity index (χ2v) is 7.62. The van der Waals surface area contributed by atoms with Crippen LogP contribution in [-0.4, -0.2) is 41.8 Å². The van der Waals surface area contributed by atoms with E-state index in [1.54, 1.807) is 22.9 Å². The summed E-state index contributed by atoms with van der Waals surface area (Å²) in [4.78, 5) is 8.21. The molecule has 1 aliphatic rings. The van der Waals surface area contributed by atoms with Crippen molar-refractivity contribution in [2.75, 3.05) is 18.4 Å². The number of hydrogen-bond acceptors (Lipinski definition) is 5. The average molecular weight is 332 g/mol. The van der Waals surface area contributed by atoms with E-state index in [0.717, 1.165) is 24.2 Å². The largest absolute Gasteiger partial charge is 0.366 e. The van der Waals surface area contributed by atoms with Gasteiger partial charge in [-0.25, -0.2) is 17.7 Å². The van der Waals surface area contributed by atoms with Gasteiger partial charge in [0.25, 0.3) is 0 Å². The van der Waals surface area contributed by atoms with E-state index in [2.05, 4.69) is 15.3 Å². The zero-order valence-corrected chi connectivity index (χ0v) is 13.6. The highest BCUT2D eigenvalue weighted by atomic mass is 32.2. The van der Waals surface area contributed by atoms with Gasteiger partial charge in [0.1, 0.15) is 5.82 Å². The van der Waals surface area contributed by atoms with E-state index in [-0.39, 0.29) is 11.8 Å². The predicted octanol–water partition coefficient (Wildman–Crippen LogP) is 1.88. The minimum atomic E-state index is -3.26. The quantitative estimate of drug-likeness (QED) is 0.905. The van der Waals surface area contributed by atoms with Crippen molar-refractivity contribution < 1.29 is 8.42 Å². The molecule has 0 aliphatic carbocycles. The first-order chi connectivity index (χ1) is 11.1. The number of anilines is 1. The molecule has 2 aromatic rings. The van der Waals surface area contributed by atoms with Gasteiger partial charge in [-0.1, -0.05) is 30.3 Å². The van der Waals surface area contributed by atoms with Crippen LogP contribution in [-0.2, 0) is 15.8 Å². The highest BCUT2D eigenvalue weighted by Gasteiger charge is 2.28. The fourth-order valence-electron chi connectivity index (χ4n) is 2.74. The smallest absolute Gasteiger partial charge is 0.218 e. The third-order valence-corrected chi connectivity index (χ3v) is 5.80. The van der Waals surface area contributed by atoms with Gasteiger partial charge in [-0.15, -0.1) is 0 Å². The van der Waals surface area contributed by atoms with Gasteiger partial charge in [0.15, 0.2) is 0 Å². The molecule has 1 saturated heterocycles. The topological polar surface area (TPSA) is 75.2 Å². The van der Waals surface area contributed by atoms with Crippen LogP contribution in [0.2, 0.25) is 0 Å². The monoisotopic (exact) mass is 332 g/mol. The summed E-state index contributed by atoms with van der Waals surface area (Å²) in [5, 5.41) is 3.31. The molecule has 23 heavy (non-hydrogen) atoms. The zero-order chi connectivity index (χ0) is 16.1. The van der Waals surface area contributed by atoms with Crippen LogP contribution in [0.4, 0.5) is 5.82 Å². The van der Waals surface area contributed by atoms with Gasteiger partial charge in [0, 0.05) is 31.5 Å². The summed E-state index contributed by atoms with van der Waals surface area (Å²) in [6.45, 7) is 1.07. The molecule has 1 fully saturated rings. The molecule has 1 aromatic carbocycles. The van der Waals surface area contributed by atoms with Gasteiger partial charge >= 0.3 is 0 Å². The molecule has 3 rings (SSSR count). The summed E-state index contributed by atoms with van der Waals surface area (Å²) in [6, 6.07) is 9.54. The summed E-state index contributed by atoms with van der Waals surface area (Å²) in [5.74, 6) is 0.800. The van der Waals surface area contributed by atoms with Crippen molar-refractivity contribution in [1.29, 1.82) is 0 Å². The van der Waals surface area contributed by atoms with Gasteiger partial charge in [0.05, 0.1) is 11.9 Å². The van der Waals surface area contributed by atoms with E-state index in [1.165, 1.54) is 0 Å². The first-order valence-corrected chi connectivity index (χ1v) is 9.29. The third kappa shape index (κ3) is 4.27. The predicted molar refractivity (Wildman–Crippen MR) is 89.3 cm³/mol. The molecule has 122 valence electrons. The molecule has 7 heteroatoms. The van der Waals surface area contributed by atoms with Crippen molar-refractivity contribution in [3.05, 3.63) is 54.5 Å². The van der Waals surface area contributed by atoms with Gasteiger partial charge in [-0.2, -0.15) is 0 Å². The summed E-state index contributed by atoms with van der Waals surface area (Å²) in [5.41, 5.74) is 0.826. The lowest BCUT2D eigenvalue weighted by Crippen LogP contribution is -2.42. The number of rotatable bonds is 5. The first-order valence-electron chi connectivity index (χ1n) is 7.68. The Kier molecular flexibility index (Phi) is 4.88. The maximum Gasteiger partial charge on any atom is 0.218 e. The van der Waals surface area contributed by atoms with E-state index >= 15 is 0 Å².